The second-order valence-electron chi connectivity index (χ2n) is 13.6. The van der Waals surface area contributed by atoms with Gasteiger partial charge in [0.25, 0.3) is 0 Å². The minimum absolute atomic E-state index is 0. The van der Waals surface area contributed by atoms with Gasteiger partial charge in [-0.25, -0.2) is 0 Å². The number of rotatable bonds is 2. The van der Waals surface area contributed by atoms with Crippen molar-refractivity contribution in [3.63, 3.8) is 0 Å². The summed E-state index contributed by atoms with van der Waals surface area (Å²) in [5.74, 6) is 3.80. The van der Waals surface area contributed by atoms with E-state index >= 15 is 0 Å². The van der Waals surface area contributed by atoms with E-state index in [0.29, 0.717) is 11.8 Å². The number of fused-ring (bicyclic) bond motifs is 10. The molecule has 0 N–H and O–H groups in total. The maximum atomic E-state index is 2.37. The van der Waals surface area contributed by atoms with Crippen LogP contribution in [0.25, 0.3) is 44.1 Å². The van der Waals surface area contributed by atoms with Crippen LogP contribution < -0.4 is 33.9 Å². The van der Waals surface area contributed by atoms with Crippen molar-refractivity contribution in [1.82, 2.24) is 0 Å². The number of hydrogen-bond acceptors (Lipinski definition) is 0. The van der Waals surface area contributed by atoms with Crippen LogP contribution in [0.2, 0.25) is 0 Å². The quantitative estimate of drug-likeness (QED) is 0.143. The van der Waals surface area contributed by atoms with E-state index in [4.69, 9.17) is 0 Å². The van der Waals surface area contributed by atoms with E-state index in [0.717, 1.165) is 0 Å². The van der Waals surface area contributed by atoms with Crippen molar-refractivity contribution < 1.29 is 33.9 Å². The molecule has 0 unspecified atom stereocenters. The summed E-state index contributed by atoms with van der Waals surface area (Å²) < 4.78 is 4.70. The Kier molecular flexibility index (Phi) is 15.3. The van der Waals surface area contributed by atoms with Crippen molar-refractivity contribution >= 4 is 113 Å². The molecule has 0 fully saturated rings. The van der Waals surface area contributed by atoms with Gasteiger partial charge in [-0.2, -0.15) is 23.3 Å². The number of hydrogen-bond donors (Lipinski definition) is 0. The number of halogens is 2. The van der Waals surface area contributed by atoms with Gasteiger partial charge in [0.15, 0.2) is 0 Å². The molecule has 0 saturated carbocycles. The molecule has 2 nitrogen and oxygen atoms in total. The van der Waals surface area contributed by atoms with E-state index in [1.807, 2.05) is 0 Å². The Morgan fingerprint density at radius 1 is 0.480 bits per heavy atom. The van der Waals surface area contributed by atoms with Crippen LogP contribution in [0.15, 0.2) is 109 Å². The molecule has 0 spiro atoms. The first-order valence-corrected chi connectivity index (χ1v) is 16.7. The van der Waals surface area contributed by atoms with E-state index < -0.39 is 0 Å². The van der Waals surface area contributed by atoms with Gasteiger partial charge < -0.3 is 33.9 Å². The Morgan fingerprint density at radius 2 is 0.840 bits per heavy atom. The monoisotopic (exact) mass is 846 g/mol. The second-order valence-corrected chi connectivity index (χ2v) is 13.6. The van der Waals surface area contributed by atoms with Gasteiger partial charge in [-0.15, -0.1) is 47.2 Å². The number of aromatic nitrogens is 2. The molecule has 0 amide bonds. The van der Waals surface area contributed by atoms with Crippen molar-refractivity contribution in [2.45, 2.75) is 67.2 Å². The van der Waals surface area contributed by atoms with Crippen LogP contribution in [0.4, 0.5) is 0 Å². The summed E-state index contributed by atoms with van der Waals surface area (Å²) in [6, 6.07) is 38.4. The minimum Gasteiger partial charge on any atom is -1.00 e. The molecule has 2 aromatic heterocycles. The van der Waals surface area contributed by atoms with E-state index in [1.165, 1.54) is 90.2 Å². The molecule has 2 aliphatic rings. The fraction of sp³-hybridized carbons (Fsp3) is 0.227. The van der Waals surface area contributed by atoms with Crippen LogP contribution >= 0.6 is 0 Å². The van der Waals surface area contributed by atoms with Gasteiger partial charge in [0.2, 0.25) is 0 Å². The molecule has 0 bridgehead atoms. The fourth-order valence-electron chi connectivity index (χ4n) is 7.18. The molecule has 8 rings (SSSR count). The number of nitrogens with zero attached hydrogens (tertiary/aromatic N) is 2. The van der Waals surface area contributed by atoms with E-state index in [2.05, 4.69) is 174 Å². The smallest absolute Gasteiger partial charge is 1.00 e. The summed E-state index contributed by atoms with van der Waals surface area (Å²) in [7, 11) is 0. The molecule has 0 aliphatic carbocycles. The summed E-state index contributed by atoms with van der Waals surface area (Å²) in [4.78, 5) is 0. The van der Waals surface area contributed by atoms with Gasteiger partial charge >= 0.3 is 91.0 Å². The molecule has 6 heteroatoms. The molecule has 4 aromatic carbocycles. The Morgan fingerprint density at radius 3 is 1.20 bits per heavy atom. The fourth-order valence-corrected chi connectivity index (χ4v) is 7.18. The van der Waals surface area contributed by atoms with Crippen molar-refractivity contribution in [2.24, 2.45) is 0 Å². The first-order chi connectivity index (χ1) is 22.2. The standard InChI is InChI=1S/2C22H22N.2ClH.2Sr/c2*1-14(2)18-10-9-17-11-12-23-16(4)15(3)19-7-5-6-8-20(19)22(23)21(17)13-18;;;;/h2*5-14H,1-4H3;2*1H;;/q2*-1;;;2*+2/p-2. The van der Waals surface area contributed by atoms with Crippen LogP contribution in [-0.2, 0) is 0 Å². The zero-order chi connectivity index (χ0) is 32.3. The average molecular weight is 847 g/mol. The Hall–Kier alpha value is -1.28. The predicted octanol–water partition coefficient (Wildman–Crippen LogP) is 3.79. The predicted molar refractivity (Wildman–Crippen MR) is 204 cm³/mol. The van der Waals surface area contributed by atoms with Gasteiger partial charge in [-0.3, -0.25) is 0 Å². The van der Waals surface area contributed by atoms with Crippen molar-refractivity contribution in [1.29, 1.82) is 0 Å². The zero-order valence-corrected chi connectivity index (χ0v) is 39.1. The van der Waals surface area contributed by atoms with Crippen molar-refractivity contribution in [3.8, 4) is 22.5 Å². The van der Waals surface area contributed by atoms with Crippen LogP contribution in [0, 0.1) is 23.9 Å². The Labute approximate surface area is 386 Å². The first-order valence-electron chi connectivity index (χ1n) is 16.7. The summed E-state index contributed by atoms with van der Waals surface area (Å²) in [5.41, 5.74) is 10.8. The summed E-state index contributed by atoms with van der Waals surface area (Å²) in [6.07, 6.45) is 4.42. The minimum atomic E-state index is 0. The maximum absolute atomic E-state index is 2.37. The molecule has 4 heterocycles. The molecule has 248 valence electrons. The summed E-state index contributed by atoms with van der Waals surface area (Å²) >= 11 is 0. The van der Waals surface area contributed by atoms with Crippen molar-refractivity contribution in [2.75, 3.05) is 0 Å². The van der Waals surface area contributed by atoms with Gasteiger partial charge in [-0.05, 0) is 70.5 Å². The van der Waals surface area contributed by atoms with E-state index in [-0.39, 0.29) is 116 Å². The second kappa shape index (κ2) is 17.7. The zero-order valence-electron chi connectivity index (χ0n) is 30.6. The molecular weight excluding hydrogens is 803 g/mol. The number of pyridine rings is 2. The first kappa shape index (κ1) is 43.1. The van der Waals surface area contributed by atoms with Crippen LogP contribution in [0.5, 0.6) is 0 Å². The molecule has 50 heavy (non-hydrogen) atoms. The summed E-state index contributed by atoms with van der Waals surface area (Å²) in [5, 5.41) is 5.31. The van der Waals surface area contributed by atoms with Gasteiger partial charge in [0.05, 0.1) is 23.8 Å². The third kappa shape index (κ3) is 7.69. The third-order valence-electron chi connectivity index (χ3n) is 10.3. The Bertz CT molecular complexity index is 1960. The average Bonchev–Trinajstić information content (AvgIpc) is 3.08. The topological polar surface area (TPSA) is 7.76 Å². The van der Waals surface area contributed by atoms with E-state index in [1.54, 1.807) is 0 Å². The number of benzene rings is 4. The van der Waals surface area contributed by atoms with Gasteiger partial charge in [0, 0.05) is 12.1 Å². The van der Waals surface area contributed by atoms with E-state index in [9.17, 15) is 0 Å². The third-order valence-corrected chi connectivity index (χ3v) is 10.3. The molecule has 0 atom stereocenters. The van der Waals surface area contributed by atoms with Crippen LogP contribution in [0.3, 0.4) is 0 Å². The molecule has 0 saturated heterocycles. The largest absolute Gasteiger partial charge is 2.00 e. The van der Waals surface area contributed by atoms with Crippen molar-refractivity contribution in [3.05, 3.63) is 156 Å². The molecule has 2 aliphatic heterocycles. The van der Waals surface area contributed by atoms with Crippen LogP contribution in [0.1, 0.15) is 89.5 Å². The maximum Gasteiger partial charge on any atom is 2.00 e. The summed E-state index contributed by atoms with van der Waals surface area (Å²) in [6.45, 7) is 17.9. The van der Waals surface area contributed by atoms with Gasteiger partial charge in [-0.1, -0.05) is 90.1 Å². The van der Waals surface area contributed by atoms with Crippen LogP contribution in [-0.4, -0.2) is 91.0 Å². The normalized spacial score (nSPS) is 12.4. The molecular formula is C44H44Cl2N2Sr2. The van der Waals surface area contributed by atoms with Gasteiger partial charge in [0.1, 0.15) is 0 Å². The SMILES string of the molecule is C[C-]1c2ccccc2-c2c3cc(C(C)C)ccc3cc[n+]2[C-]1C.C[C-]1c2ccccc2-c2c3cc(C(C)C)ccc3cc[n+]2[C-]1C.[Cl-].[Cl-].[Sr+2].[Sr+2]. The Balaban J connectivity index is 0.000000250. The molecule has 6 aromatic rings. The molecule has 0 radical (unpaired) electrons.